The zero-order chi connectivity index (χ0) is 14.6. The van der Waals surface area contributed by atoms with Gasteiger partial charge >= 0.3 is 0 Å². The van der Waals surface area contributed by atoms with Crippen LogP contribution in [-0.4, -0.2) is 40.2 Å². The van der Waals surface area contributed by atoms with Gasteiger partial charge in [-0.05, 0) is 44.0 Å². The van der Waals surface area contributed by atoms with Crippen LogP contribution in [0.15, 0.2) is 29.2 Å². The van der Waals surface area contributed by atoms with E-state index in [1.807, 2.05) is 0 Å². The van der Waals surface area contributed by atoms with Crippen molar-refractivity contribution >= 4 is 28.2 Å². The Morgan fingerprint density at radius 1 is 1.38 bits per heavy atom. The van der Waals surface area contributed by atoms with Gasteiger partial charge in [0.15, 0.2) is 9.84 Å². The second-order valence-electron chi connectivity index (χ2n) is 5.17. The van der Waals surface area contributed by atoms with Gasteiger partial charge in [-0.1, -0.05) is 12.1 Å². The van der Waals surface area contributed by atoms with Gasteiger partial charge < -0.3 is 10.6 Å². The first kappa shape index (κ1) is 17.9. The third kappa shape index (κ3) is 4.98. The Hall–Kier alpha value is -1.11. The Balaban J connectivity index is 0.00000220. The number of nitrogens with one attached hydrogen (secondary N) is 2. The van der Waals surface area contributed by atoms with Gasteiger partial charge in [0.25, 0.3) is 5.91 Å². The van der Waals surface area contributed by atoms with E-state index in [-0.39, 0.29) is 28.8 Å². The SMILES string of the molecule is CS(=O)(=O)c1ccccc1C(=O)NCCC1CCNC1.Cl. The van der Waals surface area contributed by atoms with Crippen molar-refractivity contribution in [2.45, 2.75) is 17.7 Å². The highest BCUT2D eigenvalue weighted by Crippen LogP contribution is 2.15. The minimum atomic E-state index is -3.39. The molecule has 2 rings (SSSR count). The van der Waals surface area contributed by atoms with E-state index in [2.05, 4.69) is 10.6 Å². The molecule has 1 aliphatic heterocycles. The van der Waals surface area contributed by atoms with E-state index in [1.54, 1.807) is 18.2 Å². The minimum absolute atomic E-state index is 0. The molecule has 0 radical (unpaired) electrons. The fourth-order valence-corrected chi connectivity index (χ4v) is 3.31. The number of hydrogen-bond acceptors (Lipinski definition) is 4. The third-order valence-corrected chi connectivity index (χ3v) is 4.69. The highest BCUT2D eigenvalue weighted by Gasteiger charge is 2.19. The van der Waals surface area contributed by atoms with E-state index in [0.29, 0.717) is 12.5 Å². The molecule has 1 atom stereocenters. The molecule has 0 saturated carbocycles. The minimum Gasteiger partial charge on any atom is -0.352 e. The van der Waals surface area contributed by atoms with Crippen LogP contribution >= 0.6 is 12.4 Å². The van der Waals surface area contributed by atoms with Crippen molar-refractivity contribution in [3.63, 3.8) is 0 Å². The Morgan fingerprint density at radius 3 is 2.71 bits per heavy atom. The highest BCUT2D eigenvalue weighted by atomic mass is 35.5. The predicted molar refractivity (Wildman–Crippen MR) is 84.7 cm³/mol. The topological polar surface area (TPSA) is 75.3 Å². The second-order valence-corrected chi connectivity index (χ2v) is 7.16. The Morgan fingerprint density at radius 2 is 2.10 bits per heavy atom. The van der Waals surface area contributed by atoms with Crippen molar-refractivity contribution in [2.24, 2.45) is 5.92 Å². The van der Waals surface area contributed by atoms with Crippen LogP contribution in [0.1, 0.15) is 23.2 Å². The summed E-state index contributed by atoms with van der Waals surface area (Å²) >= 11 is 0. The van der Waals surface area contributed by atoms with Gasteiger partial charge in [-0.3, -0.25) is 4.79 Å². The van der Waals surface area contributed by atoms with Gasteiger partial charge in [-0.25, -0.2) is 8.42 Å². The summed E-state index contributed by atoms with van der Waals surface area (Å²) in [5.74, 6) is 0.275. The molecule has 1 aromatic carbocycles. The predicted octanol–water partition coefficient (Wildman–Crippen LogP) is 1.24. The van der Waals surface area contributed by atoms with Gasteiger partial charge in [0.05, 0.1) is 10.5 Å². The van der Waals surface area contributed by atoms with E-state index >= 15 is 0 Å². The first-order chi connectivity index (χ1) is 9.48. The van der Waals surface area contributed by atoms with Crippen molar-refractivity contribution in [3.8, 4) is 0 Å². The number of hydrogen-bond donors (Lipinski definition) is 2. The molecule has 7 heteroatoms. The summed E-state index contributed by atoms with van der Waals surface area (Å²) in [6, 6.07) is 6.30. The molecule has 0 aliphatic carbocycles. The van der Waals surface area contributed by atoms with E-state index in [1.165, 1.54) is 6.07 Å². The van der Waals surface area contributed by atoms with E-state index in [9.17, 15) is 13.2 Å². The lowest BCUT2D eigenvalue weighted by molar-refractivity contribution is 0.0948. The summed E-state index contributed by atoms with van der Waals surface area (Å²) in [5, 5.41) is 6.09. The molecule has 21 heavy (non-hydrogen) atoms. The average Bonchev–Trinajstić information content (AvgIpc) is 2.91. The maximum absolute atomic E-state index is 12.1. The molecule has 1 aliphatic rings. The molecule has 0 bridgehead atoms. The molecule has 118 valence electrons. The lowest BCUT2D eigenvalue weighted by Crippen LogP contribution is -2.27. The highest BCUT2D eigenvalue weighted by molar-refractivity contribution is 7.90. The summed E-state index contributed by atoms with van der Waals surface area (Å²) in [6.07, 6.45) is 3.17. The van der Waals surface area contributed by atoms with Crippen LogP contribution in [0.3, 0.4) is 0 Å². The molecule has 0 aromatic heterocycles. The maximum Gasteiger partial charge on any atom is 0.252 e. The molecule has 5 nitrogen and oxygen atoms in total. The van der Waals surface area contributed by atoms with Crippen LogP contribution in [0.4, 0.5) is 0 Å². The zero-order valence-corrected chi connectivity index (χ0v) is 13.6. The fourth-order valence-electron chi connectivity index (χ4n) is 2.42. The van der Waals surface area contributed by atoms with Gasteiger partial charge in [0.2, 0.25) is 0 Å². The van der Waals surface area contributed by atoms with Crippen LogP contribution in [0.5, 0.6) is 0 Å². The Kier molecular flexibility index (Phi) is 6.64. The number of benzene rings is 1. The molecule has 1 saturated heterocycles. The van der Waals surface area contributed by atoms with E-state index in [0.717, 1.165) is 32.2 Å². The van der Waals surface area contributed by atoms with Gasteiger partial charge in [-0.2, -0.15) is 0 Å². The molecular weight excluding hydrogens is 312 g/mol. The van der Waals surface area contributed by atoms with Crippen molar-refractivity contribution < 1.29 is 13.2 Å². The number of carbonyl (C=O) groups excluding carboxylic acids is 1. The summed E-state index contributed by atoms with van der Waals surface area (Å²) in [7, 11) is -3.39. The number of rotatable bonds is 5. The van der Waals surface area contributed by atoms with Gasteiger partial charge in [-0.15, -0.1) is 12.4 Å². The first-order valence-corrected chi connectivity index (χ1v) is 8.65. The largest absolute Gasteiger partial charge is 0.352 e. The molecule has 1 unspecified atom stereocenters. The number of amides is 1. The molecular formula is C14H21ClN2O3S. The first-order valence-electron chi connectivity index (χ1n) is 6.76. The zero-order valence-electron chi connectivity index (χ0n) is 12.0. The Bertz CT molecular complexity index is 584. The summed E-state index contributed by atoms with van der Waals surface area (Å²) in [4.78, 5) is 12.2. The van der Waals surface area contributed by atoms with Crippen molar-refractivity contribution in [2.75, 3.05) is 25.9 Å². The summed E-state index contributed by atoms with van der Waals surface area (Å²) in [5.41, 5.74) is 0.222. The van der Waals surface area contributed by atoms with Crippen LogP contribution < -0.4 is 10.6 Å². The Labute approximate surface area is 131 Å². The monoisotopic (exact) mass is 332 g/mol. The lowest BCUT2D eigenvalue weighted by atomic mass is 10.1. The normalized spacial score (nSPS) is 18.0. The van der Waals surface area contributed by atoms with E-state index in [4.69, 9.17) is 0 Å². The molecule has 1 amide bonds. The van der Waals surface area contributed by atoms with Crippen LogP contribution in [0.25, 0.3) is 0 Å². The summed E-state index contributed by atoms with van der Waals surface area (Å²) in [6.45, 7) is 2.61. The molecule has 1 heterocycles. The summed E-state index contributed by atoms with van der Waals surface area (Å²) < 4.78 is 23.3. The van der Waals surface area contributed by atoms with Crippen LogP contribution in [0, 0.1) is 5.92 Å². The molecule has 1 aromatic rings. The second kappa shape index (κ2) is 7.77. The van der Waals surface area contributed by atoms with Crippen LogP contribution in [-0.2, 0) is 9.84 Å². The maximum atomic E-state index is 12.1. The fraction of sp³-hybridized carbons (Fsp3) is 0.500. The number of carbonyl (C=O) groups is 1. The van der Waals surface area contributed by atoms with E-state index < -0.39 is 9.84 Å². The van der Waals surface area contributed by atoms with Crippen molar-refractivity contribution in [3.05, 3.63) is 29.8 Å². The number of sulfone groups is 1. The standard InChI is InChI=1S/C14H20N2O3S.ClH/c1-20(18,19)13-5-3-2-4-12(13)14(17)16-9-7-11-6-8-15-10-11;/h2-5,11,15H,6-10H2,1H3,(H,16,17);1H. The molecule has 0 spiro atoms. The quantitative estimate of drug-likeness (QED) is 0.850. The smallest absolute Gasteiger partial charge is 0.252 e. The van der Waals surface area contributed by atoms with Gasteiger partial charge in [0.1, 0.15) is 0 Å². The lowest BCUT2D eigenvalue weighted by Gasteiger charge is -2.11. The molecule has 1 fully saturated rings. The number of halogens is 1. The van der Waals surface area contributed by atoms with Crippen LogP contribution in [0.2, 0.25) is 0 Å². The average molecular weight is 333 g/mol. The van der Waals surface area contributed by atoms with Crippen molar-refractivity contribution in [1.29, 1.82) is 0 Å². The third-order valence-electron chi connectivity index (χ3n) is 3.53. The molecule has 2 N–H and O–H groups in total. The van der Waals surface area contributed by atoms with Gasteiger partial charge in [0, 0.05) is 12.8 Å². The van der Waals surface area contributed by atoms with Crippen molar-refractivity contribution in [1.82, 2.24) is 10.6 Å².